The molecule has 3 aromatic carbocycles. The first-order valence-corrected chi connectivity index (χ1v) is 10.4. The van der Waals surface area contributed by atoms with Crippen molar-refractivity contribution in [1.29, 1.82) is 0 Å². The minimum absolute atomic E-state index is 0.0360. The molecule has 3 rings (SSSR count). The van der Waals surface area contributed by atoms with Crippen molar-refractivity contribution >= 4 is 11.9 Å². The quantitative estimate of drug-likeness (QED) is 0.538. The summed E-state index contributed by atoms with van der Waals surface area (Å²) in [5, 5.41) is 0. The maximum Gasteiger partial charge on any atom is 0.337 e. The molecule has 0 heterocycles. The number of rotatable bonds is 9. The second-order valence-corrected chi connectivity index (χ2v) is 7.35. The van der Waals surface area contributed by atoms with Gasteiger partial charge in [-0.15, -0.1) is 0 Å². The molecule has 0 aliphatic rings. The highest BCUT2D eigenvalue weighted by molar-refractivity contribution is 5.95. The molecule has 0 aliphatic carbocycles. The Kier molecular flexibility index (Phi) is 7.96. The predicted molar refractivity (Wildman–Crippen MR) is 122 cm³/mol. The fourth-order valence-electron chi connectivity index (χ4n) is 3.53. The van der Waals surface area contributed by atoms with Gasteiger partial charge < -0.3 is 15.4 Å². The highest BCUT2D eigenvalue weighted by Gasteiger charge is 2.19. The van der Waals surface area contributed by atoms with Crippen LogP contribution in [0.15, 0.2) is 78.9 Å². The molecule has 3 aromatic rings. The van der Waals surface area contributed by atoms with E-state index in [1.54, 1.807) is 17.0 Å². The SMILES string of the molecule is COC(=O)c1ccc(CN(CCN)C(=O)c2ccccc2CCc2ccccc2)cc1. The number of nitrogens with zero attached hydrogens (tertiary/aromatic N) is 1. The van der Waals surface area contributed by atoms with E-state index in [1.165, 1.54) is 12.7 Å². The van der Waals surface area contributed by atoms with Gasteiger partial charge in [0.2, 0.25) is 0 Å². The Labute approximate surface area is 183 Å². The summed E-state index contributed by atoms with van der Waals surface area (Å²) < 4.78 is 4.74. The van der Waals surface area contributed by atoms with Crippen molar-refractivity contribution in [3.8, 4) is 0 Å². The zero-order chi connectivity index (χ0) is 22.1. The topological polar surface area (TPSA) is 72.6 Å². The van der Waals surface area contributed by atoms with Crippen molar-refractivity contribution in [2.24, 2.45) is 5.73 Å². The Balaban J connectivity index is 1.76. The average Bonchev–Trinajstić information content (AvgIpc) is 2.83. The highest BCUT2D eigenvalue weighted by Crippen LogP contribution is 2.17. The molecular weight excluding hydrogens is 388 g/mol. The van der Waals surface area contributed by atoms with Crippen molar-refractivity contribution in [3.05, 3.63) is 107 Å². The Morgan fingerprint density at radius 3 is 2.19 bits per heavy atom. The fraction of sp³-hybridized carbons (Fsp3) is 0.231. The van der Waals surface area contributed by atoms with Crippen LogP contribution in [0.1, 0.15) is 37.4 Å². The van der Waals surface area contributed by atoms with Crippen LogP contribution in [0.2, 0.25) is 0 Å². The van der Waals surface area contributed by atoms with E-state index < -0.39 is 0 Å². The van der Waals surface area contributed by atoms with Crippen LogP contribution in [0.3, 0.4) is 0 Å². The van der Waals surface area contributed by atoms with Gasteiger partial charge in [-0.2, -0.15) is 0 Å². The third-order valence-corrected chi connectivity index (χ3v) is 5.21. The van der Waals surface area contributed by atoms with Crippen LogP contribution in [-0.4, -0.2) is 37.0 Å². The lowest BCUT2D eigenvalue weighted by Gasteiger charge is -2.23. The maximum atomic E-state index is 13.4. The lowest BCUT2D eigenvalue weighted by atomic mass is 9.99. The van der Waals surface area contributed by atoms with E-state index in [2.05, 4.69) is 12.1 Å². The van der Waals surface area contributed by atoms with Crippen molar-refractivity contribution in [2.75, 3.05) is 20.2 Å². The van der Waals surface area contributed by atoms with E-state index in [1.807, 2.05) is 54.6 Å². The van der Waals surface area contributed by atoms with Crippen LogP contribution >= 0.6 is 0 Å². The molecule has 0 bridgehead atoms. The molecule has 5 nitrogen and oxygen atoms in total. The van der Waals surface area contributed by atoms with Gasteiger partial charge in [0.15, 0.2) is 0 Å². The Hall–Kier alpha value is -3.44. The zero-order valence-corrected chi connectivity index (χ0v) is 17.8. The van der Waals surface area contributed by atoms with Crippen molar-refractivity contribution in [2.45, 2.75) is 19.4 Å². The number of aryl methyl sites for hydroxylation is 2. The molecule has 0 aromatic heterocycles. The van der Waals surface area contributed by atoms with E-state index in [4.69, 9.17) is 10.5 Å². The fourth-order valence-corrected chi connectivity index (χ4v) is 3.53. The number of nitrogens with two attached hydrogens (primary N) is 1. The maximum absolute atomic E-state index is 13.4. The van der Waals surface area contributed by atoms with Gasteiger partial charge >= 0.3 is 5.97 Å². The molecule has 0 unspecified atom stereocenters. The third-order valence-electron chi connectivity index (χ3n) is 5.21. The largest absolute Gasteiger partial charge is 0.465 e. The second-order valence-electron chi connectivity index (χ2n) is 7.35. The number of methoxy groups -OCH3 is 1. The van der Waals surface area contributed by atoms with Gasteiger partial charge in [-0.3, -0.25) is 4.79 Å². The molecular formula is C26H28N2O3. The zero-order valence-electron chi connectivity index (χ0n) is 17.8. The first kappa shape index (κ1) is 22.2. The van der Waals surface area contributed by atoms with Gasteiger partial charge in [-0.1, -0.05) is 60.7 Å². The lowest BCUT2D eigenvalue weighted by molar-refractivity contribution is 0.0600. The van der Waals surface area contributed by atoms with Crippen molar-refractivity contribution < 1.29 is 14.3 Å². The van der Waals surface area contributed by atoms with Crippen molar-refractivity contribution in [1.82, 2.24) is 4.90 Å². The van der Waals surface area contributed by atoms with E-state index in [-0.39, 0.29) is 11.9 Å². The van der Waals surface area contributed by atoms with Crippen molar-refractivity contribution in [3.63, 3.8) is 0 Å². The normalized spacial score (nSPS) is 10.5. The smallest absolute Gasteiger partial charge is 0.337 e. The van der Waals surface area contributed by atoms with E-state index in [9.17, 15) is 9.59 Å². The van der Waals surface area contributed by atoms with Crippen LogP contribution in [0, 0.1) is 0 Å². The summed E-state index contributed by atoms with van der Waals surface area (Å²) in [4.78, 5) is 26.8. The van der Waals surface area contributed by atoms with E-state index >= 15 is 0 Å². The molecule has 5 heteroatoms. The number of carbonyl (C=O) groups is 2. The highest BCUT2D eigenvalue weighted by atomic mass is 16.5. The first-order chi connectivity index (χ1) is 15.1. The Morgan fingerprint density at radius 2 is 1.52 bits per heavy atom. The van der Waals surface area contributed by atoms with Gasteiger partial charge in [-0.25, -0.2) is 4.79 Å². The summed E-state index contributed by atoms with van der Waals surface area (Å²) in [6.45, 7) is 1.24. The summed E-state index contributed by atoms with van der Waals surface area (Å²) in [5.74, 6) is -0.417. The third kappa shape index (κ3) is 6.03. The van der Waals surface area contributed by atoms with Gasteiger partial charge in [0.1, 0.15) is 0 Å². The van der Waals surface area contributed by atoms with Crippen LogP contribution < -0.4 is 5.73 Å². The first-order valence-electron chi connectivity index (χ1n) is 10.4. The van der Waals surface area contributed by atoms with Crippen LogP contribution in [-0.2, 0) is 24.1 Å². The number of ether oxygens (including phenoxy) is 1. The molecule has 0 fully saturated rings. The minimum atomic E-state index is -0.381. The second kappa shape index (κ2) is 11.1. The number of esters is 1. The molecule has 0 saturated heterocycles. The number of hydrogen-bond acceptors (Lipinski definition) is 4. The van der Waals surface area contributed by atoms with Gasteiger partial charge in [0, 0.05) is 25.2 Å². The average molecular weight is 417 g/mol. The number of amides is 1. The summed E-state index contributed by atoms with van der Waals surface area (Å²) in [6, 6.07) is 25.1. The monoisotopic (exact) mass is 416 g/mol. The summed E-state index contributed by atoms with van der Waals surface area (Å²) >= 11 is 0. The van der Waals surface area contributed by atoms with Gasteiger partial charge in [0.05, 0.1) is 12.7 Å². The molecule has 1 amide bonds. The Morgan fingerprint density at radius 1 is 0.839 bits per heavy atom. The summed E-state index contributed by atoms with van der Waals surface area (Å²) in [7, 11) is 1.35. The number of benzene rings is 3. The lowest BCUT2D eigenvalue weighted by Crippen LogP contribution is -2.35. The molecule has 160 valence electrons. The predicted octanol–water partition coefficient (Wildman–Crippen LogP) is 3.86. The van der Waals surface area contributed by atoms with Crippen LogP contribution in [0.4, 0.5) is 0 Å². The van der Waals surface area contributed by atoms with Gasteiger partial charge in [-0.05, 0) is 47.7 Å². The Bertz CT molecular complexity index is 1000. The van der Waals surface area contributed by atoms with E-state index in [0.29, 0.717) is 30.8 Å². The van der Waals surface area contributed by atoms with Crippen LogP contribution in [0.5, 0.6) is 0 Å². The number of hydrogen-bond donors (Lipinski definition) is 1. The molecule has 0 spiro atoms. The minimum Gasteiger partial charge on any atom is -0.465 e. The number of carbonyl (C=O) groups excluding carboxylic acids is 2. The molecule has 2 N–H and O–H groups in total. The van der Waals surface area contributed by atoms with Gasteiger partial charge in [0.25, 0.3) is 5.91 Å². The molecule has 0 aliphatic heterocycles. The summed E-state index contributed by atoms with van der Waals surface area (Å²) in [6.07, 6.45) is 1.66. The van der Waals surface area contributed by atoms with E-state index in [0.717, 1.165) is 24.0 Å². The molecule has 0 saturated carbocycles. The summed E-state index contributed by atoms with van der Waals surface area (Å²) in [5.41, 5.74) is 10.2. The van der Waals surface area contributed by atoms with Crippen LogP contribution in [0.25, 0.3) is 0 Å². The molecule has 0 atom stereocenters. The molecule has 31 heavy (non-hydrogen) atoms. The molecule has 0 radical (unpaired) electrons. The standard InChI is InChI=1S/C26H28N2O3/c1-31-26(30)23-15-12-21(13-16-23)19-28(18-17-27)25(29)24-10-6-5-9-22(24)14-11-20-7-3-2-4-8-20/h2-10,12-13,15-16H,11,14,17-19,27H2,1H3.